The molecule has 0 rings (SSSR count). The van der Waals surface area contributed by atoms with Crippen molar-refractivity contribution in [1.82, 2.24) is 0 Å². The molecule has 0 fully saturated rings. The van der Waals surface area contributed by atoms with Crippen LogP contribution in [0.15, 0.2) is 0 Å². The van der Waals surface area contributed by atoms with Gasteiger partial charge in [-0.2, -0.15) is 0 Å². The number of aliphatic hydroxyl groups excluding tert-OH is 2. The molecule has 0 amide bonds. The van der Waals surface area contributed by atoms with Gasteiger partial charge < -0.3 is 10.2 Å². The quantitative estimate of drug-likeness (QED) is 0.456. The molecule has 2 nitrogen and oxygen atoms in total. The Morgan fingerprint density at radius 3 is 0.562 bits per heavy atom. The average Bonchev–Trinajstić information content (AvgIpc) is 2.12. The molecule has 0 aromatic carbocycles. The molecule has 0 saturated carbocycles. The van der Waals surface area contributed by atoms with Gasteiger partial charge in [0.15, 0.2) is 0 Å². The van der Waals surface area contributed by atoms with E-state index < -0.39 is 0 Å². The van der Waals surface area contributed by atoms with Crippen LogP contribution in [-0.2, 0) is 40.8 Å². The van der Waals surface area contributed by atoms with E-state index in [9.17, 15) is 0 Å². The first-order chi connectivity index (χ1) is 6.66. The summed E-state index contributed by atoms with van der Waals surface area (Å²) in [4.78, 5) is 0. The third kappa shape index (κ3) is 2000. The SMILES string of the molecule is CC.CCC.CCC.CCO.CCO.[Re].[Re]. The van der Waals surface area contributed by atoms with Gasteiger partial charge >= 0.3 is 0 Å². The third-order valence-corrected chi connectivity index (χ3v) is 0. The van der Waals surface area contributed by atoms with Crippen molar-refractivity contribution in [3.05, 3.63) is 0 Å². The van der Waals surface area contributed by atoms with E-state index in [1.165, 1.54) is 12.8 Å². The summed E-state index contributed by atoms with van der Waals surface area (Å²) in [5.74, 6) is 0. The van der Waals surface area contributed by atoms with Gasteiger partial charge in [0, 0.05) is 54.1 Å². The Morgan fingerprint density at radius 1 is 0.562 bits per heavy atom. The van der Waals surface area contributed by atoms with Crippen LogP contribution in [0.2, 0.25) is 0 Å². The molecule has 0 atom stereocenters. The van der Waals surface area contributed by atoms with Crippen LogP contribution < -0.4 is 0 Å². The van der Waals surface area contributed by atoms with Crippen LogP contribution in [0.1, 0.15) is 68.2 Å². The van der Waals surface area contributed by atoms with Crippen molar-refractivity contribution in [2.45, 2.75) is 68.2 Å². The molecular weight excluding hydrogens is 549 g/mol. The van der Waals surface area contributed by atoms with E-state index in [1.54, 1.807) is 13.8 Å². The molecule has 0 aliphatic carbocycles. The summed E-state index contributed by atoms with van der Waals surface area (Å²) in [6, 6.07) is 0. The Bertz CT molecular complexity index is 25.0. The van der Waals surface area contributed by atoms with Crippen LogP contribution in [0.25, 0.3) is 0 Å². The maximum absolute atomic E-state index is 7.57. The normalized spacial score (nSPS) is 4.88. The Labute approximate surface area is 132 Å². The Hall–Kier alpha value is 1.24. The topological polar surface area (TPSA) is 40.5 Å². The van der Waals surface area contributed by atoms with Crippen LogP contribution in [0, 0.1) is 0 Å². The first-order valence-electron chi connectivity index (χ1n) is 5.88. The second kappa shape index (κ2) is 137. The fraction of sp³-hybridized carbons (Fsp3) is 1.00. The molecule has 0 spiro atoms. The standard InChI is InChI=1S/2C3H8.2C2H6O.C2H6.2Re/c2*1-3-2;2*1-2-3;1-2;;/h2*3H2,1-2H3;2*3H,2H2,1H3;1-2H3;;. The number of hydrogen-bond donors (Lipinski definition) is 2. The summed E-state index contributed by atoms with van der Waals surface area (Å²) < 4.78 is 0. The van der Waals surface area contributed by atoms with Gasteiger partial charge in [-0.3, -0.25) is 0 Å². The van der Waals surface area contributed by atoms with Gasteiger partial charge in [-0.25, -0.2) is 0 Å². The smallest absolute Gasteiger partial charge is 0.0402 e. The molecular formula is C12H34O2Re2. The van der Waals surface area contributed by atoms with E-state index in [1.807, 2.05) is 13.8 Å². The van der Waals surface area contributed by atoms with E-state index in [4.69, 9.17) is 10.2 Å². The molecule has 0 heterocycles. The van der Waals surface area contributed by atoms with Crippen molar-refractivity contribution >= 4 is 0 Å². The molecule has 108 valence electrons. The van der Waals surface area contributed by atoms with Crippen LogP contribution >= 0.6 is 0 Å². The third-order valence-electron chi connectivity index (χ3n) is 0. The first-order valence-corrected chi connectivity index (χ1v) is 5.88. The largest absolute Gasteiger partial charge is 0.397 e. The van der Waals surface area contributed by atoms with Crippen molar-refractivity contribution in [3.8, 4) is 0 Å². The zero-order valence-corrected chi connectivity index (χ0v) is 17.9. The Balaban J connectivity index is -0.0000000124. The van der Waals surface area contributed by atoms with Gasteiger partial charge in [0.1, 0.15) is 0 Å². The minimum Gasteiger partial charge on any atom is -0.397 e. The zero-order valence-electron chi connectivity index (χ0n) is 12.5. The summed E-state index contributed by atoms with van der Waals surface area (Å²) in [5, 5.41) is 15.1. The van der Waals surface area contributed by atoms with E-state index in [0.717, 1.165) is 0 Å². The van der Waals surface area contributed by atoms with Gasteiger partial charge in [0.2, 0.25) is 0 Å². The number of rotatable bonds is 0. The maximum atomic E-state index is 7.57. The van der Waals surface area contributed by atoms with Crippen LogP contribution in [0.4, 0.5) is 0 Å². The fourth-order valence-electron chi connectivity index (χ4n) is 0. The minimum atomic E-state index is 0. The summed E-state index contributed by atoms with van der Waals surface area (Å²) in [6.45, 7) is 16.4. The molecule has 0 bridgehead atoms. The number of hydrogen-bond acceptors (Lipinski definition) is 2. The van der Waals surface area contributed by atoms with Crippen molar-refractivity contribution in [2.24, 2.45) is 0 Å². The summed E-state index contributed by atoms with van der Waals surface area (Å²) in [7, 11) is 0. The van der Waals surface area contributed by atoms with Gasteiger partial charge in [-0.05, 0) is 13.8 Å². The van der Waals surface area contributed by atoms with Gasteiger partial charge in [0.05, 0.1) is 0 Å². The van der Waals surface area contributed by atoms with Crippen LogP contribution in [0.3, 0.4) is 0 Å². The Kier molecular flexibility index (Phi) is 372. The molecule has 0 aromatic heterocycles. The van der Waals surface area contributed by atoms with E-state index in [0.29, 0.717) is 0 Å². The van der Waals surface area contributed by atoms with Crippen molar-refractivity contribution in [1.29, 1.82) is 0 Å². The average molecular weight is 583 g/mol. The molecule has 4 heteroatoms. The van der Waals surface area contributed by atoms with Gasteiger partial charge in [-0.15, -0.1) is 0 Å². The minimum absolute atomic E-state index is 0. The van der Waals surface area contributed by atoms with E-state index in [-0.39, 0.29) is 54.1 Å². The monoisotopic (exact) mass is 584 g/mol. The fourth-order valence-corrected chi connectivity index (χ4v) is 0. The van der Waals surface area contributed by atoms with Crippen molar-refractivity contribution in [2.75, 3.05) is 13.2 Å². The predicted octanol–water partition coefficient (Wildman–Crippen LogP) is 3.85. The Morgan fingerprint density at radius 2 is 0.562 bits per heavy atom. The van der Waals surface area contributed by atoms with Gasteiger partial charge in [-0.1, -0.05) is 54.4 Å². The maximum Gasteiger partial charge on any atom is 0.0402 e. The van der Waals surface area contributed by atoms with Crippen LogP contribution in [-0.4, -0.2) is 23.4 Å². The van der Waals surface area contributed by atoms with Crippen LogP contribution in [0.5, 0.6) is 0 Å². The second-order valence-corrected chi connectivity index (χ2v) is 2.05. The zero-order chi connectivity index (χ0) is 12.8. The van der Waals surface area contributed by atoms with Crippen molar-refractivity contribution < 1.29 is 51.1 Å². The molecule has 2 N–H and O–H groups in total. The molecule has 0 aliphatic heterocycles. The molecule has 0 saturated heterocycles. The van der Waals surface area contributed by atoms with Gasteiger partial charge in [0.25, 0.3) is 0 Å². The summed E-state index contributed by atoms with van der Waals surface area (Å²) >= 11 is 0. The molecule has 0 aliphatic rings. The van der Waals surface area contributed by atoms with E-state index >= 15 is 0 Å². The number of aliphatic hydroxyl groups is 2. The predicted molar refractivity (Wildman–Crippen MR) is 68.8 cm³/mol. The van der Waals surface area contributed by atoms with E-state index in [2.05, 4.69) is 27.7 Å². The molecule has 0 aromatic rings. The molecule has 16 heavy (non-hydrogen) atoms. The summed E-state index contributed by atoms with van der Waals surface area (Å²) in [6.07, 6.45) is 2.50. The first kappa shape index (κ1) is 43.4. The second-order valence-electron chi connectivity index (χ2n) is 2.05. The molecule has 2 radical (unpaired) electrons. The van der Waals surface area contributed by atoms with Crippen molar-refractivity contribution in [3.63, 3.8) is 0 Å². The molecule has 0 unspecified atom stereocenters. The summed E-state index contributed by atoms with van der Waals surface area (Å²) in [5.41, 5.74) is 0.